The Balaban J connectivity index is 1.59. The molecule has 2 fully saturated rings. The zero-order valence-corrected chi connectivity index (χ0v) is 13.3. The first-order valence-corrected chi connectivity index (χ1v) is 8.27. The van der Waals surface area contributed by atoms with Crippen molar-refractivity contribution in [3.8, 4) is 0 Å². The van der Waals surface area contributed by atoms with E-state index < -0.39 is 0 Å². The van der Waals surface area contributed by atoms with Crippen molar-refractivity contribution in [3.05, 3.63) is 41.7 Å². The van der Waals surface area contributed by atoms with E-state index in [1.165, 1.54) is 12.1 Å². The average molecular weight is 318 g/mol. The summed E-state index contributed by atoms with van der Waals surface area (Å²) in [6.07, 6.45) is 5.35. The van der Waals surface area contributed by atoms with Gasteiger partial charge in [0.2, 0.25) is 5.91 Å². The summed E-state index contributed by atoms with van der Waals surface area (Å²) in [4.78, 5) is 16.8. The number of carbonyl (C=O) groups is 1. The highest BCUT2D eigenvalue weighted by molar-refractivity contribution is 5.92. The number of hydrogen-bond donors (Lipinski definition) is 0. The lowest BCUT2D eigenvalue weighted by atomic mass is 10.2. The molecular formula is C18H23FN2O2. The molecule has 0 spiro atoms. The van der Waals surface area contributed by atoms with Crippen molar-refractivity contribution < 1.29 is 13.9 Å². The molecule has 0 aliphatic carbocycles. The van der Waals surface area contributed by atoms with Gasteiger partial charge in [0.05, 0.1) is 13.2 Å². The second-order valence-electron chi connectivity index (χ2n) is 6.13. The summed E-state index contributed by atoms with van der Waals surface area (Å²) >= 11 is 0. The molecule has 2 saturated heterocycles. The molecular weight excluding hydrogens is 295 g/mol. The lowest BCUT2D eigenvalue weighted by Crippen LogP contribution is -2.46. The predicted molar refractivity (Wildman–Crippen MR) is 87.4 cm³/mol. The van der Waals surface area contributed by atoms with Gasteiger partial charge >= 0.3 is 0 Å². The molecule has 0 N–H and O–H groups in total. The van der Waals surface area contributed by atoms with Crippen molar-refractivity contribution in [2.75, 3.05) is 39.4 Å². The number of amides is 1. The Morgan fingerprint density at radius 3 is 2.91 bits per heavy atom. The number of carbonyl (C=O) groups excluding carboxylic acids is 1. The van der Waals surface area contributed by atoms with Crippen LogP contribution in [-0.4, -0.2) is 61.1 Å². The number of morpholine rings is 1. The number of benzene rings is 1. The van der Waals surface area contributed by atoms with E-state index in [1.54, 1.807) is 24.3 Å². The Hall–Kier alpha value is -1.72. The molecule has 2 aliphatic rings. The molecule has 4 nitrogen and oxygen atoms in total. The van der Waals surface area contributed by atoms with Crippen LogP contribution in [0.5, 0.6) is 0 Å². The third-order valence-corrected chi connectivity index (χ3v) is 4.50. The molecule has 0 aromatic heterocycles. The molecule has 0 saturated carbocycles. The van der Waals surface area contributed by atoms with Gasteiger partial charge in [0.15, 0.2) is 0 Å². The van der Waals surface area contributed by atoms with Gasteiger partial charge in [-0.25, -0.2) is 4.39 Å². The molecule has 3 rings (SSSR count). The summed E-state index contributed by atoms with van der Waals surface area (Å²) in [6.45, 7) is 5.17. The molecule has 1 amide bonds. The van der Waals surface area contributed by atoms with Gasteiger partial charge in [0.25, 0.3) is 0 Å². The molecule has 0 radical (unpaired) electrons. The van der Waals surface area contributed by atoms with E-state index in [0.29, 0.717) is 5.56 Å². The van der Waals surface area contributed by atoms with Gasteiger partial charge in [0.1, 0.15) is 5.82 Å². The van der Waals surface area contributed by atoms with E-state index in [1.807, 2.05) is 4.90 Å². The smallest absolute Gasteiger partial charge is 0.246 e. The minimum Gasteiger partial charge on any atom is -0.379 e. The monoisotopic (exact) mass is 318 g/mol. The zero-order valence-electron chi connectivity index (χ0n) is 13.3. The second kappa shape index (κ2) is 7.70. The van der Waals surface area contributed by atoms with Gasteiger partial charge in [0, 0.05) is 38.3 Å². The average Bonchev–Trinajstić information content (AvgIpc) is 3.02. The van der Waals surface area contributed by atoms with Crippen molar-refractivity contribution >= 4 is 12.0 Å². The Labute approximate surface area is 136 Å². The van der Waals surface area contributed by atoms with Gasteiger partial charge in [-0.1, -0.05) is 12.1 Å². The van der Waals surface area contributed by atoms with Crippen LogP contribution in [0, 0.1) is 5.82 Å². The molecule has 0 bridgehead atoms. The van der Waals surface area contributed by atoms with Crippen LogP contribution in [0.4, 0.5) is 4.39 Å². The molecule has 124 valence electrons. The van der Waals surface area contributed by atoms with E-state index in [0.717, 1.165) is 52.2 Å². The van der Waals surface area contributed by atoms with Crippen LogP contribution in [0.25, 0.3) is 6.08 Å². The number of nitrogens with zero attached hydrogens (tertiary/aromatic N) is 2. The van der Waals surface area contributed by atoms with Crippen LogP contribution >= 0.6 is 0 Å². The Morgan fingerprint density at radius 2 is 2.13 bits per heavy atom. The summed E-state index contributed by atoms with van der Waals surface area (Å²) in [7, 11) is 0. The maximum Gasteiger partial charge on any atom is 0.246 e. The van der Waals surface area contributed by atoms with Gasteiger partial charge in [-0.15, -0.1) is 0 Å². The van der Waals surface area contributed by atoms with Crippen LogP contribution in [0.2, 0.25) is 0 Å². The van der Waals surface area contributed by atoms with E-state index in [-0.39, 0.29) is 17.8 Å². The highest BCUT2D eigenvalue weighted by Gasteiger charge is 2.29. The summed E-state index contributed by atoms with van der Waals surface area (Å²) < 4.78 is 18.5. The quantitative estimate of drug-likeness (QED) is 0.798. The van der Waals surface area contributed by atoms with Crippen LogP contribution in [0.1, 0.15) is 18.4 Å². The fourth-order valence-corrected chi connectivity index (χ4v) is 3.27. The number of hydrogen-bond acceptors (Lipinski definition) is 3. The van der Waals surface area contributed by atoms with Gasteiger partial charge < -0.3 is 9.64 Å². The fraction of sp³-hybridized carbons (Fsp3) is 0.500. The van der Waals surface area contributed by atoms with Crippen molar-refractivity contribution in [2.24, 2.45) is 0 Å². The fourth-order valence-electron chi connectivity index (χ4n) is 3.27. The standard InChI is InChI=1S/C18H23FN2O2/c19-16-4-1-3-15(13-16)6-7-18(22)21-8-2-5-17(21)14-20-9-11-23-12-10-20/h1,3-4,6-7,13,17H,2,5,8-12,14H2. The molecule has 23 heavy (non-hydrogen) atoms. The van der Waals surface area contributed by atoms with Crippen molar-refractivity contribution in [1.29, 1.82) is 0 Å². The minimum atomic E-state index is -0.286. The SMILES string of the molecule is O=C(C=Cc1cccc(F)c1)N1CCCC1CN1CCOCC1. The van der Waals surface area contributed by atoms with E-state index in [4.69, 9.17) is 4.74 Å². The van der Waals surface area contributed by atoms with Crippen LogP contribution < -0.4 is 0 Å². The number of likely N-dealkylation sites (tertiary alicyclic amines) is 1. The normalized spacial score (nSPS) is 22.8. The van der Waals surface area contributed by atoms with Crippen LogP contribution in [0.15, 0.2) is 30.3 Å². The van der Waals surface area contributed by atoms with Gasteiger partial charge in [-0.05, 0) is 36.6 Å². The summed E-state index contributed by atoms with van der Waals surface area (Å²) in [5.74, 6) is -0.268. The third kappa shape index (κ3) is 4.39. The Morgan fingerprint density at radius 1 is 1.30 bits per heavy atom. The topological polar surface area (TPSA) is 32.8 Å². The zero-order chi connectivity index (χ0) is 16.1. The summed E-state index contributed by atoms with van der Waals surface area (Å²) in [6, 6.07) is 6.55. The molecule has 2 aliphatic heterocycles. The molecule has 1 aromatic rings. The van der Waals surface area contributed by atoms with Crippen LogP contribution in [0.3, 0.4) is 0 Å². The molecule has 1 unspecified atom stereocenters. The molecule has 5 heteroatoms. The lowest BCUT2D eigenvalue weighted by Gasteiger charge is -2.32. The molecule has 1 aromatic carbocycles. The first kappa shape index (κ1) is 16.1. The van der Waals surface area contributed by atoms with Crippen molar-refractivity contribution in [2.45, 2.75) is 18.9 Å². The van der Waals surface area contributed by atoms with Crippen LogP contribution in [-0.2, 0) is 9.53 Å². The van der Waals surface area contributed by atoms with Gasteiger partial charge in [-0.2, -0.15) is 0 Å². The molecule has 2 heterocycles. The van der Waals surface area contributed by atoms with E-state index >= 15 is 0 Å². The number of halogens is 1. The number of rotatable bonds is 4. The van der Waals surface area contributed by atoms with Gasteiger partial charge in [-0.3, -0.25) is 9.69 Å². The summed E-state index contributed by atoms with van der Waals surface area (Å²) in [5, 5.41) is 0. The van der Waals surface area contributed by atoms with E-state index in [2.05, 4.69) is 4.90 Å². The maximum absolute atomic E-state index is 13.2. The minimum absolute atomic E-state index is 0.0185. The van der Waals surface area contributed by atoms with E-state index in [9.17, 15) is 9.18 Å². The largest absolute Gasteiger partial charge is 0.379 e. The Bertz CT molecular complexity index is 570. The third-order valence-electron chi connectivity index (χ3n) is 4.50. The first-order chi connectivity index (χ1) is 11.2. The predicted octanol–water partition coefficient (Wildman–Crippen LogP) is 2.16. The van der Waals surface area contributed by atoms with Crippen molar-refractivity contribution in [1.82, 2.24) is 9.80 Å². The maximum atomic E-state index is 13.2. The van der Waals surface area contributed by atoms with Crippen molar-refractivity contribution in [3.63, 3.8) is 0 Å². The highest BCUT2D eigenvalue weighted by atomic mass is 19.1. The summed E-state index contributed by atoms with van der Waals surface area (Å²) in [5.41, 5.74) is 0.710. The second-order valence-corrected chi connectivity index (χ2v) is 6.13. The molecule has 1 atom stereocenters. The number of ether oxygens (including phenoxy) is 1. The first-order valence-electron chi connectivity index (χ1n) is 8.27. The Kier molecular flexibility index (Phi) is 5.41. The lowest BCUT2D eigenvalue weighted by molar-refractivity contribution is -0.127. The highest BCUT2D eigenvalue weighted by Crippen LogP contribution is 2.19.